The van der Waals surface area contributed by atoms with Gasteiger partial charge in [0.15, 0.2) is 0 Å². The summed E-state index contributed by atoms with van der Waals surface area (Å²) in [5, 5.41) is 4.13. The molecule has 0 aliphatic heterocycles. The van der Waals surface area contributed by atoms with Gasteiger partial charge in [0.05, 0.1) is 23.0 Å². The van der Waals surface area contributed by atoms with Gasteiger partial charge in [0, 0.05) is 5.56 Å². The van der Waals surface area contributed by atoms with Crippen molar-refractivity contribution >= 4 is 10.9 Å². The molecule has 5 rings (SSSR count). The van der Waals surface area contributed by atoms with Crippen LogP contribution in [-0.2, 0) is 19.3 Å². The van der Waals surface area contributed by atoms with Crippen molar-refractivity contribution in [1.82, 2.24) is 19.3 Å². The maximum atomic E-state index is 13.4. The molecule has 2 aromatic heterocycles. The van der Waals surface area contributed by atoms with Crippen LogP contribution in [0.2, 0.25) is 0 Å². The number of alkyl halides is 3. The molecule has 0 radical (unpaired) electrons. The van der Waals surface area contributed by atoms with E-state index < -0.39 is 23.0 Å². The van der Waals surface area contributed by atoms with Crippen LogP contribution >= 0.6 is 0 Å². The minimum atomic E-state index is -4.51. The first kappa shape index (κ1) is 23.3. The van der Waals surface area contributed by atoms with Crippen LogP contribution in [0.5, 0.6) is 0 Å². The van der Waals surface area contributed by atoms with E-state index >= 15 is 0 Å². The second-order valence-electron chi connectivity index (χ2n) is 8.35. The number of para-hydroxylation sites is 1. The molecular weight excluding hydrogens is 473 g/mol. The Labute approximate surface area is 202 Å². The summed E-state index contributed by atoms with van der Waals surface area (Å²) in [4.78, 5) is 30.8. The molecule has 0 unspecified atom stereocenters. The zero-order valence-electron chi connectivity index (χ0n) is 19.0. The van der Waals surface area contributed by atoms with Crippen LogP contribution in [0.25, 0.3) is 22.3 Å². The second kappa shape index (κ2) is 8.95. The van der Waals surface area contributed by atoms with Crippen LogP contribution in [0.15, 0.2) is 86.9 Å². The number of halogens is 3. The van der Waals surface area contributed by atoms with Crippen LogP contribution in [0.4, 0.5) is 13.2 Å². The number of benzene rings is 3. The zero-order valence-corrected chi connectivity index (χ0v) is 19.0. The van der Waals surface area contributed by atoms with Crippen LogP contribution < -0.4 is 11.2 Å². The smallest absolute Gasteiger partial charge is 0.337 e. The molecule has 0 bridgehead atoms. The Bertz CT molecular complexity index is 1680. The maximum absolute atomic E-state index is 13.4. The predicted molar refractivity (Wildman–Crippen MR) is 127 cm³/mol. The van der Waals surface area contributed by atoms with Gasteiger partial charge < -0.3 is 4.52 Å². The molecule has 36 heavy (non-hydrogen) atoms. The number of aromatic nitrogens is 4. The van der Waals surface area contributed by atoms with E-state index in [0.717, 1.165) is 27.8 Å². The van der Waals surface area contributed by atoms with Crippen molar-refractivity contribution in [2.45, 2.75) is 26.2 Å². The zero-order chi connectivity index (χ0) is 25.4. The normalized spacial score (nSPS) is 11.8. The average molecular weight is 492 g/mol. The highest BCUT2D eigenvalue weighted by atomic mass is 19.4. The Kier molecular flexibility index (Phi) is 5.79. The molecule has 3 aromatic carbocycles. The second-order valence-corrected chi connectivity index (χ2v) is 8.35. The van der Waals surface area contributed by atoms with Gasteiger partial charge in [-0.2, -0.15) is 18.2 Å². The molecule has 0 fully saturated rings. The standard InChI is InChI=1S/C26H19F3N4O3/c1-16-9-11-17(12-10-16)14-33-24(34)20-7-2-3-8-21(20)32(25(33)35)15-22-30-23(31-36-22)18-5-4-6-19(13-18)26(27,28)29/h2-13H,14-15H2,1H3. The summed E-state index contributed by atoms with van der Waals surface area (Å²) in [5.41, 5.74) is 0.506. The third kappa shape index (κ3) is 4.45. The van der Waals surface area contributed by atoms with E-state index in [2.05, 4.69) is 10.1 Å². The first-order valence-corrected chi connectivity index (χ1v) is 11.0. The van der Waals surface area contributed by atoms with Crippen molar-refractivity contribution < 1.29 is 17.7 Å². The lowest BCUT2D eigenvalue weighted by atomic mass is 10.1. The monoisotopic (exact) mass is 492 g/mol. The largest absolute Gasteiger partial charge is 0.416 e. The molecule has 0 aliphatic rings. The van der Waals surface area contributed by atoms with Crippen molar-refractivity contribution in [3.8, 4) is 11.4 Å². The summed E-state index contributed by atoms with van der Waals surface area (Å²) >= 11 is 0. The van der Waals surface area contributed by atoms with Gasteiger partial charge in [0.1, 0.15) is 6.54 Å². The van der Waals surface area contributed by atoms with E-state index in [9.17, 15) is 22.8 Å². The summed E-state index contributed by atoms with van der Waals surface area (Å²) in [6, 6.07) is 18.7. The molecule has 0 saturated carbocycles. The lowest BCUT2D eigenvalue weighted by Gasteiger charge is -2.13. The number of fused-ring (bicyclic) bond motifs is 1. The molecule has 0 spiro atoms. The van der Waals surface area contributed by atoms with E-state index in [0.29, 0.717) is 10.9 Å². The van der Waals surface area contributed by atoms with Crippen molar-refractivity contribution in [2.75, 3.05) is 0 Å². The van der Waals surface area contributed by atoms with Crippen molar-refractivity contribution in [2.24, 2.45) is 0 Å². The molecule has 10 heteroatoms. The molecule has 0 atom stereocenters. The quantitative estimate of drug-likeness (QED) is 0.357. The molecule has 0 saturated heterocycles. The van der Waals surface area contributed by atoms with E-state index in [1.165, 1.54) is 16.7 Å². The fraction of sp³-hybridized carbons (Fsp3) is 0.154. The molecule has 2 heterocycles. The Balaban J connectivity index is 1.55. The van der Waals surface area contributed by atoms with E-state index in [1.807, 2.05) is 31.2 Å². The predicted octanol–water partition coefficient (Wildman–Crippen LogP) is 4.64. The molecule has 0 amide bonds. The summed E-state index contributed by atoms with van der Waals surface area (Å²) in [6.07, 6.45) is -4.51. The topological polar surface area (TPSA) is 82.9 Å². The van der Waals surface area contributed by atoms with Crippen LogP contribution in [0, 0.1) is 6.92 Å². The molecular formula is C26H19F3N4O3. The van der Waals surface area contributed by atoms with Crippen molar-refractivity contribution in [1.29, 1.82) is 0 Å². The van der Waals surface area contributed by atoms with Gasteiger partial charge in [-0.15, -0.1) is 0 Å². The molecule has 7 nitrogen and oxygen atoms in total. The molecule has 0 N–H and O–H groups in total. The van der Waals surface area contributed by atoms with Gasteiger partial charge in [0.25, 0.3) is 5.56 Å². The first-order chi connectivity index (χ1) is 17.2. The number of aryl methyl sites for hydroxylation is 1. The van der Waals surface area contributed by atoms with Crippen molar-refractivity contribution in [3.05, 3.63) is 116 Å². The Hall–Kier alpha value is -4.47. The Morgan fingerprint density at radius 1 is 0.889 bits per heavy atom. The lowest BCUT2D eigenvalue weighted by Crippen LogP contribution is -2.40. The van der Waals surface area contributed by atoms with Gasteiger partial charge in [-0.25, -0.2) is 4.79 Å². The highest BCUT2D eigenvalue weighted by Crippen LogP contribution is 2.31. The average Bonchev–Trinajstić information content (AvgIpc) is 3.34. The van der Waals surface area contributed by atoms with Crippen LogP contribution in [0.3, 0.4) is 0 Å². The van der Waals surface area contributed by atoms with Gasteiger partial charge in [-0.1, -0.05) is 59.3 Å². The summed E-state index contributed by atoms with van der Waals surface area (Å²) < 4.78 is 47.0. The number of hydrogen-bond donors (Lipinski definition) is 0. The number of hydrogen-bond acceptors (Lipinski definition) is 5. The Morgan fingerprint density at radius 3 is 2.39 bits per heavy atom. The highest BCUT2D eigenvalue weighted by molar-refractivity contribution is 5.77. The number of nitrogens with zero attached hydrogens (tertiary/aromatic N) is 4. The highest BCUT2D eigenvalue weighted by Gasteiger charge is 2.30. The fourth-order valence-corrected chi connectivity index (χ4v) is 3.95. The fourth-order valence-electron chi connectivity index (χ4n) is 3.95. The first-order valence-electron chi connectivity index (χ1n) is 11.0. The van der Waals surface area contributed by atoms with Crippen LogP contribution in [-0.4, -0.2) is 19.3 Å². The number of rotatable bonds is 5. The third-order valence-electron chi connectivity index (χ3n) is 5.80. The van der Waals surface area contributed by atoms with E-state index in [-0.39, 0.29) is 30.4 Å². The van der Waals surface area contributed by atoms with Crippen molar-refractivity contribution in [3.63, 3.8) is 0 Å². The molecule has 0 aliphatic carbocycles. The summed E-state index contributed by atoms with van der Waals surface area (Å²) in [5.74, 6) is -0.0309. The third-order valence-corrected chi connectivity index (χ3v) is 5.80. The van der Waals surface area contributed by atoms with Gasteiger partial charge in [-0.3, -0.25) is 13.9 Å². The molecule has 5 aromatic rings. The van der Waals surface area contributed by atoms with Crippen LogP contribution in [0.1, 0.15) is 22.6 Å². The minimum Gasteiger partial charge on any atom is -0.337 e. The van der Waals surface area contributed by atoms with E-state index in [1.54, 1.807) is 24.3 Å². The maximum Gasteiger partial charge on any atom is 0.416 e. The minimum absolute atomic E-state index is 0.00944. The Morgan fingerprint density at radius 2 is 1.64 bits per heavy atom. The van der Waals surface area contributed by atoms with Gasteiger partial charge in [-0.05, 0) is 36.8 Å². The van der Waals surface area contributed by atoms with Gasteiger partial charge in [0.2, 0.25) is 11.7 Å². The lowest BCUT2D eigenvalue weighted by molar-refractivity contribution is -0.137. The SMILES string of the molecule is Cc1ccc(Cn2c(=O)c3ccccc3n(Cc3nc(-c4cccc(C(F)(F)F)c4)no3)c2=O)cc1. The summed E-state index contributed by atoms with van der Waals surface area (Å²) in [6.45, 7) is 1.85. The summed E-state index contributed by atoms with van der Waals surface area (Å²) in [7, 11) is 0. The van der Waals surface area contributed by atoms with E-state index in [4.69, 9.17) is 4.52 Å². The molecule has 182 valence electrons. The van der Waals surface area contributed by atoms with Gasteiger partial charge >= 0.3 is 11.9 Å².